The van der Waals surface area contributed by atoms with Gasteiger partial charge in [0.2, 0.25) is 0 Å². The van der Waals surface area contributed by atoms with E-state index in [1.165, 1.54) is 6.08 Å². The zero-order chi connectivity index (χ0) is 9.68. The van der Waals surface area contributed by atoms with E-state index in [-0.39, 0.29) is 24.9 Å². The number of carboxylic acids is 1. The molecule has 0 unspecified atom stereocenters. The Morgan fingerprint density at radius 1 is 1.46 bits per heavy atom. The minimum atomic E-state index is -1.00. The number of aliphatic carboxylic acids is 1. The highest BCUT2D eigenvalue weighted by atomic mass is 16.5. The van der Waals surface area contributed by atoms with Gasteiger partial charge in [0.25, 0.3) is 0 Å². The number of carbonyl (C=O) groups excluding carboxylic acids is 1. The van der Waals surface area contributed by atoms with Crippen LogP contribution in [0.4, 0.5) is 0 Å². The molecular weight excluding hydrogens is 172 g/mol. The second-order valence-corrected chi connectivity index (χ2v) is 3.00. The third-order valence-electron chi connectivity index (χ3n) is 1.75. The van der Waals surface area contributed by atoms with E-state index in [0.29, 0.717) is 0 Å². The first kappa shape index (κ1) is 9.92. The summed E-state index contributed by atoms with van der Waals surface area (Å²) in [5.74, 6) is -0.663. The number of rotatable bonds is 6. The molecule has 0 saturated heterocycles. The Bertz CT molecular complexity index is 228. The summed E-state index contributed by atoms with van der Waals surface area (Å²) in [4.78, 5) is 21.0. The van der Waals surface area contributed by atoms with Crippen molar-refractivity contribution in [1.82, 2.24) is 0 Å². The van der Waals surface area contributed by atoms with Crippen molar-refractivity contribution in [3.63, 3.8) is 0 Å². The highest BCUT2D eigenvalue weighted by Crippen LogP contribution is 2.29. The van der Waals surface area contributed by atoms with Gasteiger partial charge in [0.05, 0.1) is 6.61 Å². The topological polar surface area (TPSA) is 63.6 Å². The van der Waals surface area contributed by atoms with Crippen LogP contribution in [-0.4, -0.2) is 30.1 Å². The molecule has 1 saturated carbocycles. The number of carbonyl (C=O) groups is 2. The molecule has 1 aliphatic rings. The molecule has 0 radical (unpaired) electrons. The van der Waals surface area contributed by atoms with Gasteiger partial charge in [0.15, 0.2) is 5.78 Å². The Balaban J connectivity index is 2.00. The predicted molar refractivity (Wildman–Crippen MR) is 45.3 cm³/mol. The molecule has 1 fully saturated rings. The fraction of sp³-hybridized carbons (Fsp3) is 0.556. The van der Waals surface area contributed by atoms with Gasteiger partial charge in [0, 0.05) is 12.0 Å². The minimum Gasteiger partial charge on any atom is -0.478 e. The van der Waals surface area contributed by atoms with Crippen LogP contribution in [0.1, 0.15) is 12.8 Å². The molecule has 1 aliphatic carbocycles. The summed E-state index contributed by atoms with van der Waals surface area (Å²) in [6, 6.07) is 0. The van der Waals surface area contributed by atoms with Gasteiger partial charge < -0.3 is 9.84 Å². The highest BCUT2D eigenvalue weighted by Gasteiger charge is 2.28. The van der Waals surface area contributed by atoms with Gasteiger partial charge >= 0.3 is 5.97 Å². The Morgan fingerprint density at radius 2 is 2.15 bits per heavy atom. The summed E-state index contributed by atoms with van der Waals surface area (Å²) in [5, 5.41) is 8.21. The largest absolute Gasteiger partial charge is 0.478 e. The van der Waals surface area contributed by atoms with Crippen LogP contribution < -0.4 is 0 Å². The van der Waals surface area contributed by atoms with Crippen LogP contribution >= 0.6 is 0 Å². The SMILES string of the molecule is O=C(O)C=CCOCC(=O)C1CC1. The van der Waals surface area contributed by atoms with E-state index in [9.17, 15) is 9.59 Å². The third-order valence-corrected chi connectivity index (χ3v) is 1.75. The van der Waals surface area contributed by atoms with Gasteiger partial charge in [-0.3, -0.25) is 4.79 Å². The Kier molecular flexibility index (Phi) is 3.64. The maximum Gasteiger partial charge on any atom is 0.328 e. The minimum absolute atomic E-state index is 0.106. The number of carboxylic acid groups (broad SMARTS) is 1. The lowest BCUT2D eigenvalue weighted by Crippen LogP contribution is -2.10. The van der Waals surface area contributed by atoms with Crippen molar-refractivity contribution in [2.24, 2.45) is 5.92 Å². The summed E-state index contributed by atoms with van der Waals surface area (Å²) in [7, 11) is 0. The zero-order valence-corrected chi connectivity index (χ0v) is 7.23. The van der Waals surface area contributed by atoms with Gasteiger partial charge in [-0.2, -0.15) is 0 Å². The van der Waals surface area contributed by atoms with E-state index < -0.39 is 5.97 Å². The molecule has 72 valence electrons. The molecule has 0 spiro atoms. The van der Waals surface area contributed by atoms with E-state index in [2.05, 4.69) is 0 Å². The number of hydrogen-bond acceptors (Lipinski definition) is 3. The van der Waals surface area contributed by atoms with E-state index in [1.807, 2.05) is 0 Å². The van der Waals surface area contributed by atoms with Crippen LogP contribution in [0.2, 0.25) is 0 Å². The van der Waals surface area contributed by atoms with Gasteiger partial charge in [-0.1, -0.05) is 6.08 Å². The molecule has 13 heavy (non-hydrogen) atoms. The van der Waals surface area contributed by atoms with Crippen molar-refractivity contribution in [2.75, 3.05) is 13.2 Å². The number of hydrogen-bond donors (Lipinski definition) is 1. The molecule has 4 nitrogen and oxygen atoms in total. The van der Waals surface area contributed by atoms with Gasteiger partial charge in [0.1, 0.15) is 6.61 Å². The quantitative estimate of drug-likeness (QED) is 0.485. The third kappa shape index (κ3) is 4.42. The number of Topliss-reactive ketones (excluding diaryl/α,β-unsaturated/α-hetero) is 1. The van der Waals surface area contributed by atoms with Crippen LogP contribution in [0, 0.1) is 5.92 Å². The second kappa shape index (κ2) is 4.77. The average molecular weight is 184 g/mol. The lowest BCUT2D eigenvalue weighted by Gasteiger charge is -1.97. The first-order valence-corrected chi connectivity index (χ1v) is 4.20. The summed E-state index contributed by atoms with van der Waals surface area (Å²) < 4.78 is 4.95. The van der Waals surface area contributed by atoms with Crippen molar-refractivity contribution in [1.29, 1.82) is 0 Å². The number of ketones is 1. The van der Waals surface area contributed by atoms with E-state index >= 15 is 0 Å². The molecular formula is C9H12O4. The lowest BCUT2D eigenvalue weighted by atomic mass is 10.3. The van der Waals surface area contributed by atoms with E-state index in [1.54, 1.807) is 0 Å². The molecule has 1 N–H and O–H groups in total. The second-order valence-electron chi connectivity index (χ2n) is 3.00. The van der Waals surface area contributed by atoms with Crippen molar-refractivity contribution < 1.29 is 19.4 Å². The molecule has 0 atom stereocenters. The average Bonchev–Trinajstić information content (AvgIpc) is 2.85. The smallest absolute Gasteiger partial charge is 0.328 e. The maximum atomic E-state index is 11.0. The van der Waals surface area contributed by atoms with Crippen molar-refractivity contribution in [2.45, 2.75) is 12.8 Å². The van der Waals surface area contributed by atoms with Crippen molar-refractivity contribution >= 4 is 11.8 Å². The number of ether oxygens (including phenoxy) is 1. The fourth-order valence-electron chi connectivity index (χ4n) is 0.900. The van der Waals surface area contributed by atoms with Crippen LogP contribution in [0.15, 0.2) is 12.2 Å². The van der Waals surface area contributed by atoms with Gasteiger partial charge in [-0.25, -0.2) is 4.79 Å². The molecule has 0 heterocycles. The summed E-state index contributed by atoms with van der Waals surface area (Å²) in [6.45, 7) is 0.291. The van der Waals surface area contributed by atoms with Crippen molar-refractivity contribution in [3.8, 4) is 0 Å². The Morgan fingerprint density at radius 3 is 2.69 bits per heavy atom. The van der Waals surface area contributed by atoms with Crippen LogP contribution in [0.25, 0.3) is 0 Å². The molecule has 0 bridgehead atoms. The lowest BCUT2D eigenvalue weighted by molar-refractivity contribution is -0.131. The summed E-state index contributed by atoms with van der Waals surface area (Å²) >= 11 is 0. The van der Waals surface area contributed by atoms with Gasteiger partial charge in [-0.05, 0) is 12.8 Å². The molecule has 0 aromatic heterocycles. The molecule has 0 amide bonds. The summed E-state index contributed by atoms with van der Waals surface area (Å²) in [6.07, 6.45) is 4.34. The highest BCUT2D eigenvalue weighted by molar-refractivity contribution is 5.84. The zero-order valence-electron chi connectivity index (χ0n) is 7.23. The van der Waals surface area contributed by atoms with E-state index in [4.69, 9.17) is 9.84 Å². The first-order chi connectivity index (χ1) is 6.20. The van der Waals surface area contributed by atoms with Crippen molar-refractivity contribution in [3.05, 3.63) is 12.2 Å². The standard InChI is InChI=1S/C9H12O4/c10-8(7-3-4-7)6-13-5-1-2-9(11)12/h1-2,7H,3-6H2,(H,11,12). The molecule has 1 rings (SSSR count). The summed E-state index contributed by atoms with van der Waals surface area (Å²) in [5.41, 5.74) is 0. The van der Waals surface area contributed by atoms with Crippen LogP contribution in [0.3, 0.4) is 0 Å². The normalized spacial score (nSPS) is 16.3. The first-order valence-electron chi connectivity index (χ1n) is 4.20. The Hall–Kier alpha value is -1.16. The predicted octanol–water partition coefficient (Wildman–Crippen LogP) is 0.623. The van der Waals surface area contributed by atoms with E-state index in [0.717, 1.165) is 18.9 Å². The Labute approximate surface area is 76.2 Å². The molecule has 4 heteroatoms. The van der Waals surface area contributed by atoms with Gasteiger partial charge in [-0.15, -0.1) is 0 Å². The monoisotopic (exact) mass is 184 g/mol. The molecule has 0 aliphatic heterocycles. The fourth-order valence-corrected chi connectivity index (χ4v) is 0.900. The molecule has 0 aromatic carbocycles. The maximum absolute atomic E-state index is 11.0. The molecule has 0 aromatic rings. The van der Waals surface area contributed by atoms with Crippen LogP contribution in [-0.2, 0) is 14.3 Å². The van der Waals surface area contributed by atoms with Crippen LogP contribution in [0.5, 0.6) is 0 Å².